The van der Waals surface area contributed by atoms with E-state index in [0.717, 1.165) is 36.7 Å². The molecule has 2 aromatic rings. The molecule has 0 aromatic heterocycles. The van der Waals surface area contributed by atoms with E-state index in [9.17, 15) is 9.59 Å². The largest absolute Gasteiger partial charge is 0.454 e. The summed E-state index contributed by atoms with van der Waals surface area (Å²) in [6.07, 6.45) is 0.549. The van der Waals surface area contributed by atoms with Crippen molar-refractivity contribution in [2.75, 3.05) is 33.0 Å². The van der Waals surface area contributed by atoms with Crippen LogP contribution in [0.5, 0.6) is 11.5 Å². The number of nitrogens with one attached hydrogen (secondary N) is 1. The number of carbonyl (C=O) groups excluding carboxylic acids is 2. The molecule has 0 spiro atoms. The van der Waals surface area contributed by atoms with Crippen LogP contribution in [-0.4, -0.2) is 60.6 Å². The molecular weight excluding hydrogens is 477 g/mol. The van der Waals surface area contributed by atoms with E-state index in [0.29, 0.717) is 30.1 Å². The number of piperazine rings is 1. The molecule has 1 saturated heterocycles. The Morgan fingerprint density at radius 2 is 1.74 bits per heavy atom. The summed E-state index contributed by atoms with van der Waals surface area (Å²) < 4.78 is 10.8. The Bertz CT molecular complexity index is 1050. The Kier molecular flexibility index (Phi) is 7.86. The highest BCUT2D eigenvalue weighted by Crippen LogP contribution is 2.33. The summed E-state index contributed by atoms with van der Waals surface area (Å²) in [7, 11) is 0. The van der Waals surface area contributed by atoms with Gasteiger partial charge in [-0.15, -0.1) is 0 Å². The number of hydrogen-bond acceptors (Lipinski definition) is 5. The van der Waals surface area contributed by atoms with Gasteiger partial charge in [0.05, 0.1) is 10.6 Å². The number of ether oxygens (including phenoxy) is 2. The maximum Gasteiger partial charge on any atom is 0.253 e. The zero-order valence-electron chi connectivity index (χ0n) is 19.4. The molecule has 1 fully saturated rings. The van der Waals surface area contributed by atoms with Crippen molar-refractivity contribution in [2.45, 2.75) is 32.9 Å². The normalized spacial score (nSPS) is 16.6. The van der Waals surface area contributed by atoms with E-state index >= 15 is 0 Å². The van der Waals surface area contributed by atoms with E-state index in [1.165, 1.54) is 6.07 Å². The predicted octanol–water partition coefficient (Wildman–Crippen LogP) is 4.21. The first kappa shape index (κ1) is 24.6. The van der Waals surface area contributed by atoms with Gasteiger partial charge in [0.25, 0.3) is 5.91 Å². The van der Waals surface area contributed by atoms with Crippen molar-refractivity contribution in [2.24, 2.45) is 5.92 Å². The van der Waals surface area contributed by atoms with Crippen LogP contribution in [0.25, 0.3) is 0 Å². The predicted molar refractivity (Wildman–Crippen MR) is 132 cm³/mol. The molecule has 2 aliphatic heterocycles. The van der Waals surface area contributed by atoms with E-state index in [4.69, 9.17) is 32.7 Å². The van der Waals surface area contributed by atoms with Gasteiger partial charge in [0.1, 0.15) is 6.04 Å². The summed E-state index contributed by atoms with van der Waals surface area (Å²) in [6.45, 7) is 7.83. The van der Waals surface area contributed by atoms with Crippen LogP contribution < -0.4 is 14.8 Å². The summed E-state index contributed by atoms with van der Waals surface area (Å²) in [4.78, 5) is 30.3. The van der Waals surface area contributed by atoms with E-state index < -0.39 is 6.04 Å². The first-order valence-electron chi connectivity index (χ1n) is 11.5. The van der Waals surface area contributed by atoms with Gasteiger partial charge in [-0.2, -0.15) is 0 Å². The minimum Gasteiger partial charge on any atom is -0.454 e. The van der Waals surface area contributed by atoms with Gasteiger partial charge in [0.15, 0.2) is 11.5 Å². The van der Waals surface area contributed by atoms with Gasteiger partial charge >= 0.3 is 0 Å². The molecule has 2 amide bonds. The van der Waals surface area contributed by atoms with Crippen LogP contribution in [0.4, 0.5) is 0 Å². The summed E-state index contributed by atoms with van der Waals surface area (Å²) in [5, 5.41) is 3.62. The fourth-order valence-electron chi connectivity index (χ4n) is 4.25. The number of rotatable bonds is 7. The van der Waals surface area contributed by atoms with Crippen molar-refractivity contribution in [3.05, 3.63) is 57.6 Å². The SMILES string of the molecule is CC(C)CC(NC(=O)c1ccc(Cl)cc1Cl)C(=O)N1CCN(Cc2ccc3c(c2)OCO3)CC1. The Morgan fingerprint density at radius 1 is 1.00 bits per heavy atom. The van der Waals surface area contributed by atoms with Gasteiger partial charge < -0.3 is 19.7 Å². The minimum absolute atomic E-state index is 0.0603. The van der Waals surface area contributed by atoms with Crippen molar-refractivity contribution < 1.29 is 19.1 Å². The first-order chi connectivity index (χ1) is 16.3. The molecule has 4 rings (SSSR count). The molecule has 9 heteroatoms. The highest BCUT2D eigenvalue weighted by molar-refractivity contribution is 6.36. The molecule has 0 radical (unpaired) electrons. The van der Waals surface area contributed by atoms with Crippen LogP contribution in [-0.2, 0) is 11.3 Å². The number of amides is 2. The van der Waals surface area contributed by atoms with Crippen LogP contribution in [0.1, 0.15) is 36.2 Å². The zero-order chi connectivity index (χ0) is 24.2. The Hall–Kier alpha value is -2.48. The van der Waals surface area contributed by atoms with Gasteiger partial charge in [0, 0.05) is 37.7 Å². The maximum absolute atomic E-state index is 13.3. The number of benzene rings is 2. The van der Waals surface area contributed by atoms with Crippen molar-refractivity contribution in [1.82, 2.24) is 15.1 Å². The minimum atomic E-state index is -0.611. The molecule has 2 aromatic carbocycles. The number of nitrogens with zero attached hydrogens (tertiary/aromatic N) is 2. The van der Waals surface area contributed by atoms with Crippen LogP contribution in [0, 0.1) is 5.92 Å². The Balaban J connectivity index is 1.35. The van der Waals surface area contributed by atoms with Crippen molar-refractivity contribution in [3.63, 3.8) is 0 Å². The van der Waals surface area contributed by atoms with Gasteiger partial charge in [0.2, 0.25) is 12.7 Å². The van der Waals surface area contributed by atoms with Crippen LogP contribution in [0.3, 0.4) is 0 Å². The lowest BCUT2D eigenvalue weighted by Gasteiger charge is -2.37. The fraction of sp³-hybridized carbons (Fsp3) is 0.440. The Morgan fingerprint density at radius 3 is 2.44 bits per heavy atom. The smallest absolute Gasteiger partial charge is 0.253 e. The monoisotopic (exact) mass is 505 g/mol. The third-order valence-electron chi connectivity index (χ3n) is 6.01. The molecule has 7 nitrogen and oxygen atoms in total. The van der Waals surface area contributed by atoms with Crippen LogP contribution in [0.15, 0.2) is 36.4 Å². The quantitative estimate of drug-likeness (QED) is 0.610. The highest BCUT2D eigenvalue weighted by atomic mass is 35.5. The second-order valence-corrected chi connectivity index (χ2v) is 9.91. The molecule has 0 saturated carbocycles. The van der Waals surface area contributed by atoms with E-state index in [2.05, 4.69) is 10.2 Å². The van der Waals surface area contributed by atoms with Gasteiger partial charge in [-0.1, -0.05) is 43.1 Å². The molecule has 1 N–H and O–H groups in total. The average molecular weight is 506 g/mol. The lowest BCUT2D eigenvalue weighted by atomic mass is 10.0. The topological polar surface area (TPSA) is 71.1 Å². The lowest BCUT2D eigenvalue weighted by Crippen LogP contribution is -2.55. The molecule has 0 bridgehead atoms. The highest BCUT2D eigenvalue weighted by Gasteiger charge is 2.30. The standard InChI is InChI=1S/C25H29Cl2N3O4/c1-16(2)11-21(28-24(31)19-5-4-18(26)13-20(19)27)25(32)30-9-7-29(8-10-30)14-17-3-6-22-23(12-17)34-15-33-22/h3-6,12-13,16,21H,7-11,14-15H2,1-2H3,(H,28,31). The maximum atomic E-state index is 13.3. The molecule has 1 atom stereocenters. The third-order valence-corrected chi connectivity index (χ3v) is 6.56. The number of hydrogen-bond donors (Lipinski definition) is 1. The second kappa shape index (κ2) is 10.8. The second-order valence-electron chi connectivity index (χ2n) is 9.07. The molecule has 2 heterocycles. The van der Waals surface area contributed by atoms with E-state index in [-0.39, 0.29) is 29.5 Å². The van der Waals surface area contributed by atoms with Crippen molar-refractivity contribution in [3.8, 4) is 11.5 Å². The molecule has 1 unspecified atom stereocenters. The number of halogens is 2. The molecular formula is C25H29Cl2N3O4. The number of fused-ring (bicyclic) bond motifs is 1. The third kappa shape index (κ3) is 5.95. The number of carbonyl (C=O) groups is 2. The van der Waals surface area contributed by atoms with Crippen molar-refractivity contribution >= 4 is 35.0 Å². The van der Waals surface area contributed by atoms with Gasteiger partial charge in [-0.25, -0.2) is 0 Å². The summed E-state index contributed by atoms with van der Waals surface area (Å²) in [6, 6.07) is 10.1. The zero-order valence-corrected chi connectivity index (χ0v) is 20.9. The van der Waals surface area contributed by atoms with Crippen molar-refractivity contribution in [1.29, 1.82) is 0 Å². The van der Waals surface area contributed by atoms with Gasteiger partial charge in [-0.05, 0) is 48.2 Å². The average Bonchev–Trinajstić information content (AvgIpc) is 3.26. The van der Waals surface area contributed by atoms with Crippen LogP contribution >= 0.6 is 23.2 Å². The first-order valence-corrected chi connectivity index (χ1v) is 12.2. The molecule has 182 valence electrons. The lowest BCUT2D eigenvalue weighted by molar-refractivity contribution is -0.135. The molecule has 2 aliphatic rings. The van der Waals surface area contributed by atoms with Crippen LogP contribution in [0.2, 0.25) is 10.0 Å². The molecule has 0 aliphatic carbocycles. The van der Waals surface area contributed by atoms with Gasteiger partial charge in [-0.3, -0.25) is 14.5 Å². The molecule has 34 heavy (non-hydrogen) atoms. The summed E-state index contributed by atoms with van der Waals surface area (Å²) in [5.74, 6) is 1.36. The van der Waals surface area contributed by atoms with E-state index in [1.807, 2.05) is 36.9 Å². The van der Waals surface area contributed by atoms with E-state index in [1.54, 1.807) is 12.1 Å². The fourth-order valence-corrected chi connectivity index (χ4v) is 4.74. The summed E-state index contributed by atoms with van der Waals surface area (Å²) in [5.41, 5.74) is 1.45. The summed E-state index contributed by atoms with van der Waals surface area (Å²) >= 11 is 12.1. The Labute approximate surface area is 209 Å².